The Morgan fingerprint density at radius 1 is 1.03 bits per heavy atom. The Bertz CT molecular complexity index is 1520. The second-order valence-electron chi connectivity index (χ2n) is 8.45. The van der Waals surface area contributed by atoms with Gasteiger partial charge in [-0.25, -0.2) is 4.39 Å². The molecule has 1 amide bonds. The standard InChI is InChI=1S/C28H24ClFN4O3/c1-17(31-2)27(36)33-24-10-11-25(20-4-3-5-22(29)13-20)34(28(24)37)16-18-12-21(15-32-14-18)26(35)19-6-8-23(30)9-7-19/h3-15,17,31H,16H2,1-2H3,(H,33,36). The summed E-state index contributed by atoms with van der Waals surface area (Å²) in [7, 11) is 1.65. The summed E-state index contributed by atoms with van der Waals surface area (Å²) in [5.74, 6) is -1.11. The van der Waals surface area contributed by atoms with Crippen molar-refractivity contribution in [2.45, 2.75) is 19.5 Å². The number of rotatable bonds is 8. The van der Waals surface area contributed by atoms with Crippen molar-refractivity contribution in [2.24, 2.45) is 0 Å². The first-order valence-electron chi connectivity index (χ1n) is 11.5. The Balaban J connectivity index is 1.75. The second kappa shape index (κ2) is 11.3. The Morgan fingerprint density at radius 2 is 1.78 bits per heavy atom. The van der Waals surface area contributed by atoms with Crippen molar-refractivity contribution in [2.75, 3.05) is 12.4 Å². The number of amides is 1. The van der Waals surface area contributed by atoms with Crippen LogP contribution in [-0.2, 0) is 11.3 Å². The molecule has 0 radical (unpaired) electrons. The molecule has 188 valence electrons. The van der Waals surface area contributed by atoms with Crippen molar-refractivity contribution in [3.8, 4) is 11.3 Å². The molecule has 9 heteroatoms. The molecule has 2 aromatic carbocycles. The van der Waals surface area contributed by atoms with Gasteiger partial charge in [0.25, 0.3) is 5.56 Å². The van der Waals surface area contributed by atoms with Crippen molar-refractivity contribution >= 4 is 29.0 Å². The maximum Gasteiger partial charge on any atom is 0.275 e. The summed E-state index contributed by atoms with van der Waals surface area (Å²) in [6.07, 6.45) is 2.98. The molecule has 2 aromatic heterocycles. The van der Waals surface area contributed by atoms with E-state index in [1.54, 1.807) is 56.6 Å². The number of carbonyl (C=O) groups is 2. The lowest BCUT2D eigenvalue weighted by atomic mass is 10.0. The van der Waals surface area contributed by atoms with E-state index in [2.05, 4.69) is 15.6 Å². The zero-order valence-electron chi connectivity index (χ0n) is 20.2. The number of hydrogen-bond acceptors (Lipinski definition) is 5. The van der Waals surface area contributed by atoms with Gasteiger partial charge in [0.1, 0.15) is 11.5 Å². The number of halogens is 2. The molecular formula is C28H24ClFN4O3. The summed E-state index contributed by atoms with van der Waals surface area (Å²) in [6, 6.07) is 16.7. The van der Waals surface area contributed by atoms with Crippen molar-refractivity contribution in [1.29, 1.82) is 0 Å². The van der Waals surface area contributed by atoms with Gasteiger partial charge in [-0.3, -0.25) is 19.4 Å². The average molecular weight is 519 g/mol. The molecule has 0 saturated carbocycles. The first-order valence-corrected chi connectivity index (χ1v) is 11.9. The van der Waals surface area contributed by atoms with Gasteiger partial charge in [0.05, 0.1) is 18.3 Å². The van der Waals surface area contributed by atoms with Gasteiger partial charge in [0, 0.05) is 28.5 Å². The van der Waals surface area contributed by atoms with Crippen LogP contribution < -0.4 is 16.2 Å². The number of ketones is 1. The maximum atomic E-state index is 13.5. The summed E-state index contributed by atoms with van der Waals surface area (Å²) in [4.78, 5) is 43.1. The van der Waals surface area contributed by atoms with Gasteiger partial charge in [-0.15, -0.1) is 0 Å². The van der Waals surface area contributed by atoms with Gasteiger partial charge in [0.2, 0.25) is 5.91 Å². The Labute approximate surface area is 217 Å². The SMILES string of the molecule is CNC(C)C(=O)Nc1ccc(-c2cccc(Cl)c2)n(Cc2cncc(C(=O)c3ccc(F)cc3)c2)c1=O. The van der Waals surface area contributed by atoms with Gasteiger partial charge in [-0.2, -0.15) is 0 Å². The molecular weight excluding hydrogens is 495 g/mol. The number of likely N-dealkylation sites (N-methyl/N-ethyl adjacent to an activating group) is 1. The number of nitrogens with one attached hydrogen (secondary N) is 2. The lowest BCUT2D eigenvalue weighted by Crippen LogP contribution is -2.37. The van der Waals surface area contributed by atoms with E-state index in [0.717, 1.165) is 0 Å². The fourth-order valence-electron chi connectivity index (χ4n) is 3.75. The topological polar surface area (TPSA) is 93.1 Å². The van der Waals surface area contributed by atoms with Crippen LogP contribution in [0.4, 0.5) is 10.1 Å². The monoisotopic (exact) mass is 518 g/mol. The van der Waals surface area contributed by atoms with Crippen molar-refractivity contribution in [1.82, 2.24) is 14.9 Å². The second-order valence-corrected chi connectivity index (χ2v) is 8.89. The molecule has 37 heavy (non-hydrogen) atoms. The fourth-order valence-corrected chi connectivity index (χ4v) is 3.94. The summed E-state index contributed by atoms with van der Waals surface area (Å²) >= 11 is 6.20. The molecule has 0 aliphatic carbocycles. The van der Waals surface area contributed by atoms with E-state index in [1.165, 1.54) is 35.0 Å². The third-order valence-electron chi connectivity index (χ3n) is 5.88. The van der Waals surface area contributed by atoms with E-state index in [0.29, 0.717) is 33.0 Å². The zero-order chi connectivity index (χ0) is 26.5. The third kappa shape index (κ3) is 5.99. The predicted octanol–water partition coefficient (Wildman–Crippen LogP) is 4.53. The molecule has 1 atom stereocenters. The molecule has 0 spiro atoms. The highest BCUT2D eigenvalue weighted by Crippen LogP contribution is 2.24. The molecule has 0 saturated heterocycles. The molecule has 4 aromatic rings. The summed E-state index contributed by atoms with van der Waals surface area (Å²) in [6.45, 7) is 1.76. The number of benzene rings is 2. The highest BCUT2D eigenvalue weighted by Gasteiger charge is 2.17. The van der Waals surface area contributed by atoms with Crippen LogP contribution in [0, 0.1) is 5.82 Å². The quantitative estimate of drug-likeness (QED) is 0.334. The molecule has 0 fully saturated rings. The van der Waals surface area contributed by atoms with Crippen molar-refractivity contribution < 1.29 is 14.0 Å². The van der Waals surface area contributed by atoms with E-state index in [1.807, 2.05) is 6.07 Å². The molecule has 2 N–H and O–H groups in total. The lowest BCUT2D eigenvalue weighted by molar-refractivity contribution is -0.117. The zero-order valence-corrected chi connectivity index (χ0v) is 20.9. The minimum absolute atomic E-state index is 0.0729. The van der Waals surface area contributed by atoms with Crippen LogP contribution in [-0.4, -0.2) is 34.3 Å². The van der Waals surface area contributed by atoms with Crippen LogP contribution in [0.1, 0.15) is 28.4 Å². The Morgan fingerprint density at radius 3 is 2.49 bits per heavy atom. The van der Waals surface area contributed by atoms with Crippen molar-refractivity contribution in [3.05, 3.63) is 117 Å². The van der Waals surface area contributed by atoms with E-state index < -0.39 is 17.4 Å². The molecule has 0 aliphatic heterocycles. The van der Waals surface area contributed by atoms with E-state index >= 15 is 0 Å². The highest BCUT2D eigenvalue weighted by molar-refractivity contribution is 6.30. The summed E-state index contributed by atoms with van der Waals surface area (Å²) < 4.78 is 14.8. The minimum Gasteiger partial charge on any atom is -0.320 e. The van der Waals surface area contributed by atoms with E-state index in [9.17, 15) is 18.8 Å². The maximum absolute atomic E-state index is 13.5. The van der Waals surface area contributed by atoms with Gasteiger partial charge in [-0.1, -0.05) is 23.7 Å². The van der Waals surface area contributed by atoms with Crippen LogP contribution in [0.5, 0.6) is 0 Å². The Hall–Kier alpha value is -4.14. The normalized spacial score (nSPS) is 11.7. The molecule has 4 rings (SSSR count). The first kappa shape index (κ1) is 25.9. The van der Waals surface area contributed by atoms with Crippen molar-refractivity contribution in [3.63, 3.8) is 0 Å². The number of nitrogens with zero attached hydrogens (tertiary/aromatic N) is 2. The third-order valence-corrected chi connectivity index (χ3v) is 6.12. The molecule has 1 unspecified atom stereocenters. The first-order chi connectivity index (χ1) is 17.8. The van der Waals surface area contributed by atoms with Crippen LogP contribution in [0.15, 0.2) is 83.9 Å². The van der Waals surface area contributed by atoms with Crippen LogP contribution >= 0.6 is 11.6 Å². The summed E-state index contributed by atoms with van der Waals surface area (Å²) in [5.41, 5.74) is 2.17. The highest BCUT2D eigenvalue weighted by atomic mass is 35.5. The molecule has 2 heterocycles. The number of pyridine rings is 2. The largest absolute Gasteiger partial charge is 0.320 e. The van der Waals surface area contributed by atoms with E-state index in [-0.39, 0.29) is 23.9 Å². The van der Waals surface area contributed by atoms with Crippen LogP contribution in [0.2, 0.25) is 5.02 Å². The number of hydrogen-bond donors (Lipinski definition) is 2. The van der Waals surface area contributed by atoms with Crippen LogP contribution in [0.3, 0.4) is 0 Å². The molecule has 7 nitrogen and oxygen atoms in total. The predicted molar refractivity (Wildman–Crippen MR) is 141 cm³/mol. The summed E-state index contributed by atoms with van der Waals surface area (Å²) in [5, 5.41) is 6.02. The number of anilines is 1. The van der Waals surface area contributed by atoms with Gasteiger partial charge in [0.15, 0.2) is 5.78 Å². The van der Waals surface area contributed by atoms with Crippen LogP contribution in [0.25, 0.3) is 11.3 Å². The minimum atomic E-state index is -0.501. The molecule has 0 bridgehead atoms. The van der Waals surface area contributed by atoms with E-state index in [4.69, 9.17) is 11.6 Å². The smallest absolute Gasteiger partial charge is 0.275 e. The van der Waals surface area contributed by atoms with Gasteiger partial charge < -0.3 is 15.2 Å². The van der Waals surface area contributed by atoms with Gasteiger partial charge in [-0.05, 0) is 79.7 Å². The number of aromatic nitrogens is 2. The number of carbonyl (C=O) groups excluding carboxylic acids is 2. The fraction of sp³-hybridized carbons (Fsp3) is 0.143. The Kier molecular flexibility index (Phi) is 7.91. The van der Waals surface area contributed by atoms with Gasteiger partial charge >= 0.3 is 0 Å². The average Bonchev–Trinajstić information content (AvgIpc) is 2.90. The lowest BCUT2D eigenvalue weighted by Gasteiger charge is -2.17. The molecule has 0 aliphatic rings.